The standard InChI is InChI=1S/C10H15NO2/c1-4-13-8-5-6-10(12-3)9(7-8)11-2/h5-7,11H,4H2,1-3H3. The van der Waals surface area contributed by atoms with Gasteiger partial charge in [0.1, 0.15) is 11.5 Å². The van der Waals surface area contributed by atoms with Crippen LogP contribution in [0.3, 0.4) is 0 Å². The molecule has 0 saturated heterocycles. The second kappa shape index (κ2) is 4.60. The van der Waals surface area contributed by atoms with Crippen LogP contribution in [-0.2, 0) is 0 Å². The monoisotopic (exact) mass is 181 g/mol. The summed E-state index contributed by atoms with van der Waals surface area (Å²) < 4.78 is 10.5. The Bertz CT molecular complexity index is 274. The van der Waals surface area contributed by atoms with E-state index in [1.165, 1.54) is 0 Å². The van der Waals surface area contributed by atoms with Crippen LogP contribution in [0.2, 0.25) is 0 Å². The Hall–Kier alpha value is -1.38. The van der Waals surface area contributed by atoms with Crippen molar-refractivity contribution in [3.8, 4) is 11.5 Å². The first-order valence-corrected chi connectivity index (χ1v) is 4.30. The summed E-state index contributed by atoms with van der Waals surface area (Å²) in [5, 5.41) is 3.04. The van der Waals surface area contributed by atoms with E-state index >= 15 is 0 Å². The minimum absolute atomic E-state index is 0.676. The first-order chi connectivity index (χ1) is 6.31. The van der Waals surface area contributed by atoms with E-state index in [0.717, 1.165) is 17.2 Å². The molecule has 0 heterocycles. The van der Waals surface area contributed by atoms with Gasteiger partial charge >= 0.3 is 0 Å². The van der Waals surface area contributed by atoms with Crippen LogP contribution in [0.1, 0.15) is 6.92 Å². The van der Waals surface area contributed by atoms with Crippen LogP contribution in [0.5, 0.6) is 11.5 Å². The summed E-state index contributed by atoms with van der Waals surface area (Å²) in [6, 6.07) is 5.70. The molecule has 0 fully saturated rings. The Morgan fingerprint density at radius 3 is 2.69 bits per heavy atom. The Balaban J connectivity index is 2.91. The highest BCUT2D eigenvalue weighted by molar-refractivity contribution is 5.59. The van der Waals surface area contributed by atoms with Gasteiger partial charge in [-0.1, -0.05) is 0 Å². The molecule has 3 heteroatoms. The van der Waals surface area contributed by atoms with Gasteiger partial charge in [0, 0.05) is 13.1 Å². The fourth-order valence-corrected chi connectivity index (χ4v) is 1.14. The van der Waals surface area contributed by atoms with Gasteiger partial charge in [0.2, 0.25) is 0 Å². The van der Waals surface area contributed by atoms with Gasteiger partial charge in [0.25, 0.3) is 0 Å². The zero-order valence-electron chi connectivity index (χ0n) is 8.26. The molecule has 0 radical (unpaired) electrons. The molecule has 0 aliphatic rings. The Morgan fingerprint density at radius 2 is 2.15 bits per heavy atom. The number of ether oxygens (including phenoxy) is 2. The lowest BCUT2D eigenvalue weighted by molar-refractivity contribution is 0.339. The molecular formula is C10H15NO2. The Kier molecular flexibility index (Phi) is 3.43. The van der Waals surface area contributed by atoms with Crippen molar-refractivity contribution in [2.24, 2.45) is 0 Å². The van der Waals surface area contributed by atoms with Gasteiger partial charge in [0.05, 0.1) is 19.4 Å². The first kappa shape index (κ1) is 9.71. The maximum atomic E-state index is 5.35. The van der Waals surface area contributed by atoms with Crippen molar-refractivity contribution >= 4 is 5.69 Å². The average molecular weight is 181 g/mol. The van der Waals surface area contributed by atoms with Gasteiger partial charge in [-0.05, 0) is 19.1 Å². The van der Waals surface area contributed by atoms with E-state index in [2.05, 4.69) is 5.32 Å². The molecule has 3 nitrogen and oxygen atoms in total. The summed E-state index contributed by atoms with van der Waals surface area (Å²) in [4.78, 5) is 0. The van der Waals surface area contributed by atoms with Crippen LogP contribution in [0.4, 0.5) is 5.69 Å². The molecule has 0 aliphatic heterocycles. The summed E-state index contributed by atoms with van der Waals surface area (Å²) >= 11 is 0. The predicted octanol–water partition coefficient (Wildman–Crippen LogP) is 2.14. The molecular weight excluding hydrogens is 166 g/mol. The van der Waals surface area contributed by atoms with Crippen molar-refractivity contribution in [2.45, 2.75) is 6.92 Å². The normalized spacial score (nSPS) is 9.46. The molecule has 72 valence electrons. The molecule has 0 aromatic heterocycles. The van der Waals surface area contributed by atoms with Crippen LogP contribution >= 0.6 is 0 Å². The second-order valence-corrected chi connectivity index (χ2v) is 2.55. The lowest BCUT2D eigenvalue weighted by Crippen LogP contribution is -1.96. The van der Waals surface area contributed by atoms with E-state index in [4.69, 9.17) is 9.47 Å². The molecule has 0 saturated carbocycles. The topological polar surface area (TPSA) is 30.5 Å². The Labute approximate surface area is 78.7 Å². The maximum Gasteiger partial charge on any atom is 0.142 e. The van der Waals surface area contributed by atoms with Crippen molar-refractivity contribution in [1.82, 2.24) is 0 Å². The van der Waals surface area contributed by atoms with Crippen LogP contribution in [0.25, 0.3) is 0 Å². The second-order valence-electron chi connectivity index (χ2n) is 2.55. The molecule has 1 aromatic rings. The number of nitrogens with one attached hydrogen (secondary N) is 1. The molecule has 0 amide bonds. The smallest absolute Gasteiger partial charge is 0.142 e. The van der Waals surface area contributed by atoms with Crippen molar-refractivity contribution in [3.63, 3.8) is 0 Å². The molecule has 1 N–H and O–H groups in total. The first-order valence-electron chi connectivity index (χ1n) is 4.30. The molecule has 13 heavy (non-hydrogen) atoms. The lowest BCUT2D eigenvalue weighted by Gasteiger charge is -2.10. The third-order valence-corrected chi connectivity index (χ3v) is 1.75. The van der Waals surface area contributed by atoms with Crippen molar-refractivity contribution in [1.29, 1.82) is 0 Å². The van der Waals surface area contributed by atoms with Crippen LogP contribution in [0, 0.1) is 0 Å². The summed E-state index contributed by atoms with van der Waals surface area (Å²) in [7, 11) is 3.50. The van der Waals surface area contributed by atoms with E-state index in [1.807, 2.05) is 32.2 Å². The van der Waals surface area contributed by atoms with E-state index in [-0.39, 0.29) is 0 Å². The minimum Gasteiger partial charge on any atom is -0.495 e. The molecule has 0 unspecified atom stereocenters. The fourth-order valence-electron chi connectivity index (χ4n) is 1.14. The summed E-state index contributed by atoms with van der Waals surface area (Å²) in [5.41, 5.74) is 0.938. The van der Waals surface area contributed by atoms with Gasteiger partial charge in [-0.3, -0.25) is 0 Å². The SMILES string of the molecule is CCOc1ccc(OC)c(NC)c1. The number of anilines is 1. The zero-order chi connectivity index (χ0) is 9.68. The fraction of sp³-hybridized carbons (Fsp3) is 0.400. The van der Waals surface area contributed by atoms with E-state index in [9.17, 15) is 0 Å². The highest BCUT2D eigenvalue weighted by atomic mass is 16.5. The summed E-state index contributed by atoms with van der Waals surface area (Å²) in [6.45, 7) is 2.64. The van der Waals surface area contributed by atoms with Crippen molar-refractivity contribution in [2.75, 3.05) is 26.1 Å². The van der Waals surface area contributed by atoms with E-state index in [0.29, 0.717) is 6.61 Å². The molecule has 1 rings (SSSR count). The number of hydrogen-bond acceptors (Lipinski definition) is 3. The number of methoxy groups -OCH3 is 1. The lowest BCUT2D eigenvalue weighted by atomic mass is 10.3. The zero-order valence-corrected chi connectivity index (χ0v) is 8.26. The highest BCUT2D eigenvalue weighted by Crippen LogP contribution is 2.28. The third-order valence-electron chi connectivity index (χ3n) is 1.75. The van der Waals surface area contributed by atoms with Gasteiger partial charge in [0.15, 0.2) is 0 Å². The van der Waals surface area contributed by atoms with Crippen molar-refractivity contribution < 1.29 is 9.47 Å². The Morgan fingerprint density at radius 1 is 1.38 bits per heavy atom. The van der Waals surface area contributed by atoms with E-state index in [1.54, 1.807) is 7.11 Å². The molecule has 1 aromatic carbocycles. The van der Waals surface area contributed by atoms with Crippen LogP contribution < -0.4 is 14.8 Å². The summed E-state index contributed by atoms with van der Waals surface area (Å²) in [6.07, 6.45) is 0. The molecule has 0 bridgehead atoms. The number of hydrogen-bond donors (Lipinski definition) is 1. The molecule has 0 aliphatic carbocycles. The highest BCUT2D eigenvalue weighted by Gasteiger charge is 2.01. The van der Waals surface area contributed by atoms with Gasteiger partial charge < -0.3 is 14.8 Å². The van der Waals surface area contributed by atoms with Gasteiger partial charge in [-0.2, -0.15) is 0 Å². The van der Waals surface area contributed by atoms with Gasteiger partial charge in [-0.15, -0.1) is 0 Å². The van der Waals surface area contributed by atoms with E-state index < -0.39 is 0 Å². The third kappa shape index (κ3) is 2.28. The quantitative estimate of drug-likeness (QED) is 0.771. The molecule has 0 atom stereocenters. The number of rotatable bonds is 4. The summed E-state index contributed by atoms with van der Waals surface area (Å²) in [5.74, 6) is 1.68. The van der Waals surface area contributed by atoms with Crippen molar-refractivity contribution in [3.05, 3.63) is 18.2 Å². The predicted molar refractivity (Wildman–Crippen MR) is 53.7 cm³/mol. The molecule has 0 spiro atoms. The minimum atomic E-state index is 0.676. The van der Waals surface area contributed by atoms with Crippen LogP contribution in [-0.4, -0.2) is 20.8 Å². The van der Waals surface area contributed by atoms with Gasteiger partial charge in [-0.25, -0.2) is 0 Å². The largest absolute Gasteiger partial charge is 0.495 e. The average Bonchev–Trinajstić information content (AvgIpc) is 2.18. The van der Waals surface area contributed by atoms with Crippen LogP contribution in [0.15, 0.2) is 18.2 Å². The maximum absolute atomic E-state index is 5.35. The number of benzene rings is 1.